The lowest BCUT2D eigenvalue weighted by molar-refractivity contribution is 0.167. The molecule has 1 unspecified atom stereocenters. The van der Waals surface area contributed by atoms with Gasteiger partial charge in [-0.25, -0.2) is 15.0 Å². The summed E-state index contributed by atoms with van der Waals surface area (Å²) in [7, 11) is 0. The van der Waals surface area contributed by atoms with Crippen LogP contribution >= 0.6 is 11.3 Å². The van der Waals surface area contributed by atoms with Crippen LogP contribution in [0.25, 0.3) is 0 Å². The summed E-state index contributed by atoms with van der Waals surface area (Å²) in [5.74, 6) is 2.67. The summed E-state index contributed by atoms with van der Waals surface area (Å²) >= 11 is 1.50. The monoisotopic (exact) mass is 370 g/mol. The number of hydrogen-bond donors (Lipinski definition) is 1. The van der Waals surface area contributed by atoms with Crippen LogP contribution in [-0.4, -0.2) is 34.8 Å². The summed E-state index contributed by atoms with van der Waals surface area (Å²) in [5.41, 5.74) is 0. The highest BCUT2D eigenvalue weighted by Gasteiger charge is 2.18. The third-order valence-corrected chi connectivity index (χ3v) is 4.53. The minimum Gasteiger partial charge on any atom is -0.489 e. The molecule has 0 aliphatic carbocycles. The van der Waals surface area contributed by atoms with Crippen LogP contribution in [0.3, 0.4) is 0 Å². The second-order valence-electron chi connectivity index (χ2n) is 5.79. The van der Waals surface area contributed by atoms with E-state index < -0.39 is 0 Å². The van der Waals surface area contributed by atoms with Crippen LogP contribution < -0.4 is 14.8 Å². The molecule has 4 heterocycles. The quantitative estimate of drug-likeness (QED) is 0.676. The summed E-state index contributed by atoms with van der Waals surface area (Å²) in [4.78, 5) is 12.8. The van der Waals surface area contributed by atoms with E-state index in [4.69, 9.17) is 14.2 Å². The largest absolute Gasteiger partial charge is 0.489 e. The molecule has 0 saturated carbocycles. The van der Waals surface area contributed by atoms with Gasteiger partial charge in [0.2, 0.25) is 5.88 Å². The molecule has 0 amide bonds. The Bertz CT molecular complexity index is 824. The molecule has 1 N–H and O–H groups in total. The number of ether oxygens (including phenoxy) is 3. The molecule has 26 heavy (non-hydrogen) atoms. The van der Waals surface area contributed by atoms with Crippen LogP contribution in [-0.2, 0) is 4.74 Å². The maximum Gasteiger partial charge on any atom is 0.219 e. The first-order chi connectivity index (χ1) is 12.9. The van der Waals surface area contributed by atoms with E-state index in [0.29, 0.717) is 35.7 Å². The Labute approximate surface area is 155 Å². The van der Waals surface area contributed by atoms with Gasteiger partial charge in [0, 0.05) is 42.4 Å². The molecule has 7 nitrogen and oxygen atoms in total. The molecule has 0 bridgehead atoms. The van der Waals surface area contributed by atoms with E-state index >= 15 is 0 Å². The molecule has 1 aliphatic rings. The lowest BCUT2D eigenvalue weighted by Crippen LogP contribution is -2.12. The van der Waals surface area contributed by atoms with Crippen LogP contribution in [0.4, 0.5) is 10.9 Å². The van der Waals surface area contributed by atoms with Gasteiger partial charge in [-0.15, -0.1) is 11.3 Å². The summed E-state index contributed by atoms with van der Waals surface area (Å²) in [6, 6.07) is 7.31. The Hall–Kier alpha value is -2.71. The minimum absolute atomic E-state index is 0.392. The first-order valence-corrected chi connectivity index (χ1v) is 9.21. The van der Waals surface area contributed by atoms with Gasteiger partial charge in [-0.2, -0.15) is 0 Å². The molecular weight excluding hydrogens is 352 g/mol. The van der Waals surface area contributed by atoms with E-state index in [9.17, 15) is 0 Å². The standard InChI is InChI=1S/C18H18N4O3S/c1-2-5-19-16(3-1)25-14-9-15(24-12-13-4-7-23-11-13)17(21-10-14)22-18-20-6-8-26-18/h1-3,5-6,8-10,13H,4,7,11-12H2,(H,20,21,22). The Morgan fingerprint density at radius 1 is 1.23 bits per heavy atom. The number of nitrogens with zero attached hydrogens (tertiary/aromatic N) is 3. The number of anilines is 2. The van der Waals surface area contributed by atoms with Crippen molar-refractivity contribution in [2.24, 2.45) is 5.92 Å². The zero-order valence-electron chi connectivity index (χ0n) is 14.0. The number of nitrogens with one attached hydrogen (secondary N) is 1. The first-order valence-electron chi connectivity index (χ1n) is 8.33. The van der Waals surface area contributed by atoms with Gasteiger partial charge in [0.15, 0.2) is 22.4 Å². The van der Waals surface area contributed by atoms with Crippen LogP contribution in [0.2, 0.25) is 0 Å². The molecule has 8 heteroatoms. The average molecular weight is 370 g/mol. The normalized spacial score (nSPS) is 16.4. The molecule has 1 saturated heterocycles. The van der Waals surface area contributed by atoms with Crippen molar-refractivity contribution in [3.05, 3.63) is 48.2 Å². The lowest BCUT2D eigenvalue weighted by Gasteiger charge is -2.15. The Kier molecular flexibility index (Phi) is 5.22. The molecule has 134 valence electrons. The second-order valence-corrected chi connectivity index (χ2v) is 6.69. The highest BCUT2D eigenvalue weighted by Crippen LogP contribution is 2.32. The number of rotatable bonds is 7. The van der Waals surface area contributed by atoms with Gasteiger partial charge < -0.3 is 19.5 Å². The van der Waals surface area contributed by atoms with Gasteiger partial charge in [-0.05, 0) is 12.5 Å². The summed E-state index contributed by atoms with van der Waals surface area (Å²) in [5, 5.41) is 5.84. The second kappa shape index (κ2) is 8.11. The highest BCUT2D eigenvalue weighted by molar-refractivity contribution is 7.13. The maximum absolute atomic E-state index is 6.02. The summed E-state index contributed by atoms with van der Waals surface area (Å²) < 4.78 is 17.2. The third-order valence-electron chi connectivity index (χ3n) is 3.84. The summed E-state index contributed by atoms with van der Waals surface area (Å²) in [6.45, 7) is 2.09. The van der Waals surface area contributed by atoms with Crippen LogP contribution in [0.15, 0.2) is 48.2 Å². The van der Waals surface area contributed by atoms with Crippen LogP contribution in [0, 0.1) is 5.92 Å². The SMILES string of the molecule is c1ccc(Oc2cnc(Nc3nccs3)c(OCC3CCOC3)c2)nc1. The molecule has 3 aromatic rings. The molecule has 3 aromatic heterocycles. The van der Waals surface area contributed by atoms with E-state index in [1.807, 2.05) is 23.6 Å². The molecule has 4 rings (SSSR count). The van der Waals surface area contributed by atoms with E-state index in [1.54, 1.807) is 24.7 Å². The third kappa shape index (κ3) is 4.27. The fraction of sp³-hybridized carbons (Fsp3) is 0.278. The molecule has 0 spiro atoms. The predicted molar refractivity (Wildman–Crippen MR) is 98.4 cm³/mol. The average Bonchev–Trinajstić information content (AvgIpc) is 3.36. The maximum atomic E-state index is 6.02. The van der Waals surface area contributed by atoms with Crippen LogP contribution in [0.1, 0.15) is 6.42 Å². The Morgan fingerprint density at radius 2 is 2.23 bits per heavy atom. The zero-order chi connectivity index (χ0) is 17.6. The lowest BCUT2D eigenvalue weighted by atomic mass is 10.1. The zero-order valence-corrected chi connectivity index (χ0v) is 14.8. The number of pyridine rings is 2. The van der Waals surface area contributed by atoms with Crippen molar-refractivity contribution >= 4 is 22.3 Å². The molecule has 1 aliphatic heterocycles. The molecule has 0 aromatic carbocycles. The molecule has 0 radical (unpaired) electrons. The first kappa shape index (κ1) is 16.7. The van der Waals surface area contributed by atoms with Crippen molar-refractivity contribution in [2.75, 3.05) is 25.1 Å². The van der Waals surface area contributed by atoms with Crippen molar-refractivity contribution in [2.45, 2.75) is 6.42 Å². The minimum atomic E-state index is 0.392. The van der Waals surface area contributed by atoms with Crippen molar-refractivity contribution in [1.29, 1.82) is 0 Å². The Morgan fingerprint density at radius 3 is 3.00 bits per heavy atom. The van der Waals surface area contributed by atoms with Crippen molar-refractivity contribution in [1.82, 2.24) is 15.0 Å². The van der Waals surface area contributed by atoms with Gasteiger partial charge >= 0.3 is 0 Å². The van der Waals surface area contributed by atoms with Crippen molar-refractivity contribution in [3.63, 3.8) is 0 Å². The number of thiazole rings is 1. The predicted octanol–water partition coefficient (Wildman–Crippen LogP) is 3.88. The highest BCUT2D eigenvalue weighted by atomic mass is 32.1. The van der Waals surface area contributed by atoms with E-state index in [2.05, 4.69) is 20.3 Å². The topological polar surface area (TPSA) is 78.4 Å². The fourth-order valence-corrected chi connectivity index (χ4v) is 3.05. The number of aromatic nitrogens is 3. The van der Waals surface area contributed by atoms with Crippen LogP contribution in [0.5, 0.6) is 17.4 Å². The van der Waals surface area contributed by atoms with Crippen molar-refractivity contribution in [3.8, 4) is 17.4 Å². The molecular formula is C18H18N4O3S. The molecule has 1 atom stereocenters. The van der Waals surface area contributed by atoms with Crippen molar-refractivity contribution < 1.29 is 14.2 Å². The van der Waals surface area contributed by atoms with Gasteiger partial charge in [-0.1, -0.05) is 6.07 Å². The smallest absolute Gasteiger partial charge is 0.219 e. The van der Waals surface area contributed by atoms with E-state index in [1.165, 1.54) is 11.3 Å². The fourth-order valence-electron chi connectivity index (χ4n) is 2.52. The van der Waals surface area contributed by atoms with Gasteiger partial charge in [-0.3, -0.25) is 0 Å². The van der Waals surface area contributed by atoms with E-state index in [-0.39, 0.29) is 0 Å². The Balaban J connectivity index is 1.53. The van der Waals surface area contributed by atoms with Gasteiger partial charge in [0.05, 0.1) is 19.4 Å². The van der Waals surface area contributed by atoms with E-state index in [0.717, 1.165) is 24.8 Å². The molecule has 1 fully saturated rings. The van der Waals surface area contributed by atoms with Gasteiger partial charge in [0.25, 0.3) is 0 Å². The number of hydrogen-bond acceptors (Lipinski definition) is 8. The summed E-state index contributed by atoms with van der Waals surface area (Å²) in [6.07, 6.45) is 6.06. The van der Waals surface area contributed by atoms with Gasteiger partial charge in [0.1, 0.15) is 0 Å².